The number of carbonyl (C=O) groups is 1. The maximum absolute atomic E-state index is 12.8. The molecule has 0 spiro atoms. The molecule has 0 unspecified atom stereocenters. The minimum atomic E-state index is -1.02. The molecule has 1 N–H and O–H groups in total. The van der Waals surface area contributed by atoms with Gasteiger partial charge in [0.25, 0.3) is 0 Å². The quantitative estimate of drug-likeness (QED) is 0.902. The average Bonchev–Trinajstić information content (AvgIpc) is 2.38. The first-order chi connectivity index (χ1) is 8.65. The second-order valence-electron chi connectivity index (χ2n) is 3.71. The summed E-state index contributed by atoms with van der Waals surface area (Å²) in [6, 6.07) is 13.1. The highest BCUT2D eigenvalue weighted by atomic mass is 19.1. The summed E-state index contributed by atoms with van der Waals surface area (Å²) in [6.45, 7) is -0.365. The van der Waals surface area contributed by atoms with Crippen LogP contribution in [0.3, 0.4) is 0 Å². The number of benzene rings is 2. The van der Waals surface area contributed by atoms with E-state index in [0.717, 1.165) is 11.1 Å². The Kier molecular flexibility index (Phi) is 3.57. The van der Waals surface area contributed by atoms with E-state index in [9.17, 15) is 9.18 Å². The standard InChI is InChI=1S/C14H11FO3/c15-12-5-1-10(2-6-12)11-3-7-13(8-4-11)18-9-14(16)17/h1-8H,9H2,(H,16,17). The topological polar surface area (TPSA) is 46.5 Å². The molecule has 0 heterocycles. The number of hydrogen-bond acceptors (Lipinski definition) is 2. The van der Waals surface area contributed by atoms with E-state index in [1.807, 2.05) is 0 Å². The lowest BCUT2D eigenvalue weighted by molar-refractivity contribution is -0.139. The summed E-state index contributed by atoms with van der Waals surface area (Å²) in [6.07, 6.45) is 0. The average molecular weight is 246 g/mol. The molecule has 0 aliphatic rings. The van der Waals surface area contributed by atoms with Crippen LogP contribution < -0.4 is 4.74 Å². The normalized spacial score (nSPS) is 10.1. The molecule has 2 rings (SSSR count). The number of hydrogen-bond donors (Lipinski definition) is 1. The second-order valence-corrected chi connectivity index (χ2v) is 3.71. The molecule has 2 aromatic carbocycles. The van der Waals surface area contributed by atoms with Gasteiger partial charge in [0.1, 0.15) is 11.6 Å². The predicted molar refractivity (Wildman–Crippen MR) is 65.0 cm³/mol. The largest absolute Gasteiger partial charge is 0.482 e. The highest BCUT2D eigenvalue weighted by Crippen LogP contribution is 2.22. The predicted octanol–water partition coefficient (Wildman–Crippen LogP) is 2.96. The highest BCUT2D eigenvalue weighted by Gasteiger charge is 2.01. The van der Waals surface area contributed by atoms with Gasteiger partial charge in [-0.25, -0.2) is 9.18 Å². The van der Waals surface area contributed by atoms with Crippen molar-refractivity contribution in [1.82, 2.24) is 0 Å². The van der Waals surface area contributed by atoms with Crippen molar-refractivity contribution in [1.29, 1.82) is 0 Å². The van der Waals surface area contributed by atoms with E-state index in [0.29, 0.717) is 5.75 Å². The van der Waals surface area contributed by atoms with Crippen molar-refractivity contribution in [3.05, 3.63) is 54.3 Å². The molecule has 0 saturated heterocycles. The van der Waals surface area contributed by atoms with Crippen LogP contribution in [0.2, 0.25) is 0 Å². The molecule has 92 valence electrons. The molecule has 3 nitrogen and oxygen atoms in total. The van der Waals surface area contributed by atoms with Gasteiger partial charge in [-0.15, -0.1) is 0 Å². The number of aliphatic carboxylic acids is 1. The van der Waals surface area contributed by atoms with Gasteiger partial charge in [0.05, 0.1) is 0 Å². The van der Waals surface area contributed by atoms with E-state index in [-0.39, 0.29) is 12.4 Å². The van der Waals surface area contributed by atoms with Crippen LogP contribution in [0.1, 0.15) is 0 Å². The zero-order chi connectivity index (χ0) is 13.0. The third-order valence-corrected chi connectivity index (χ3v) is 2.39. The van der Waals surface area contributed by atoms with Gasteiger partial charge < -0.3 is 9.84 Å². The van der Waals surface area contributed by atoms with Crippen LogP contribution in [0.15, 0.2) is 48.5 Å². The SMILES string of the molecule is O=C(O)COc1ccc(-c2ccc(F)cc2)cc1. The lowest BCUT2D eigenvalue weighted by Gasteiger charge is -2.05. The van der Waals surface area contributed by atoms with Crippen LogP contribution in [0.4, 0.5) is 4.39 Å². The molecular formula is C14H11FO3. The smallest absolute Gasteiger partial charge is 0.341 e. The summed E-state index contributed by atoms with van der Waals surface area (Å²) in [5, 5.41) is 8.47. The van der Waals surface area contributed by atoms with Crippen LogP contribution in [-0.4, -0.2) is 17.7 Å². The molecule has 0 aliphatic heterocycles. The van der Waals surface area contributed by atoms with Gasteiger partial charge in [0, 0.05) is 0 Å². The summed E-state index contributed by atoms with van der Waals surface area (Å²) < 4.78 is 17.8. The van der Waals surface area contributed by atoms with Crippen LogP contribution in [0.25, 0.3) is 11.1 Å². The Morgan fingerprint density at radius 1 is 1.00 bits per heavy atom. The molecule has 0 atom stereocenters. The molecular weight excluding hydrogens is 235 g/mol. The van der Waals surface area contributed by atoms with Gasteiger partial charge in [-0.1, -0.05) is 24.3 Å². The molecule has 0 aromatic heterocycles. The molecule has 0 saturated carbocycles. The fourth-order valence-electron chi connectivity index (χ4n) is 1.53. The lowest BCUT2D eigenvalue weighted by Crippen LogP contribution is -2.09. The molecule has 0 amide bonds. The Hall–Kier alpha value is -2.36. The maximum Gasteiger partial charge on any atom is 0.341 e. The van der Waals surface area contributed by atoms with Crippen molar-refractivity contribution in [2.24, 2.45) is 0 Å². The van der Waals surface area contributed by atoms with Crippen LogP contribution >= 0.6 is 0 Å². The number of ether oxygens (including phenoxy) is 1. The summed E-state index contributed by atoms with van der Waals surface area (Å²) in [7, 11) is 0. The van der Waals surface area contributed by atoms with E-state index >= 15 is 0 Å². The van der Waals surface area contributed by atoms with Crippen molar-refractivity contribution >= 4 is 5.97 Å². The zero-order valence-electron chi connectivity index (χ0n) is 9.47. The Morgan fingerprint density at radius 2 is 1.50 bits per heavy atom. The summed E-state index contributed by atoms with van der Waals surface area (Å²) in [5.41, 5.74) is 1.80. The Bertz CT molecular complexity index is 532. The van der Waals surface area contributed by atoms with Crippen molar-refractivity contribution in [2.75, 3.05) is 6.61 Å². The molecule has 18 heavy (non-hydrogen) atoms. The summed E-state index contributed by atoms with van der Waals surface area (Å²) in [4.78, 5) is 10.3. The van der Waals surface area contributed by atoms with Crippen molar-refractivity contribution in [2.45, 2.75) is 0 Å². The summed E-state index contributed by atoms with van der Waals surface area (Å²) in [5.74, 6) is -0.805. The van der Waals surface area contributed by atoms with Crippen LogP contribution in [0.5, 0.6) is 5.75 Å². The number of rotatable bonds is 4. The lowest BCUT2D eigenvalue weighted by atomic mass is 10.1. The molecule has 0 radical (unpaired) electrons. The zero-order valence-corrected chi connectivity index (χ0v) is 9.47. The minimum absolute atomic E-state index is 0.278. The number of halogens is 1. The van der Waals surface area contributed by atoms with Gasteiger partial charge in [-0.05, 0) is 35.4 Å². The van der Waals surface area contributed by atoms with E-state index in [1.54, 1.807) is 36.4 Å². The minimum Gasteiger partial charge on any atom is -0.482 e. The van der Waals surface area contributed by atoms with Crippen molar-refractivity contribution in [3.63, 3.8) is 0 Å². The first-order valence-corrected chi connectivity index (χ1v) is 5.36. The first kappa shape index (κ1) is 12.1. The van der Waals surface area contributed by atoms with Crippen LogP contribution in [-0.2, 0) is 4.79 Å². The summed E-state index contributed by atoms with van der Waals surface area (Å²) >= 11 is 0. The fourth-order valence-corrected chi connectivity index (χ4v) is 1.53. The van der Waals surface area contributed by atoms with Gasteiger partial charge in [0.2, 0.25) is 0 Å². The van der Waals surface area contributed by atoms with E-state index < -0.39 is 5.97 Å². The van der Waals surface area contributed by atoms with Gasteiger partial charge in [0.15, 0.2) is 6.61 Å². The number of carboxylic acids is 1. The fraction of sp³-hybridized carbons (Fsp3) is 0.0714. The van der Waals surface area contributed by atoms with Crippen molar-refractivity contribution in [3.8, 4) is 16.9 Å². The third kappa shape index (κ3) is 3.07. The molecule has 0 bridgehead atoms. The van der Waals surface area contributed by atoms with E-state index in [4.69, 9.17) is 9.84 Å². The Morgan fingerprint density at radius 3 is 2.00 bits per heavy atom. The van der Waals surface area contributed by atoms with Gasteiger partial charge in [-0.3, -0.25) is 0 Å². The Balaban J connectivity index is 2.12. The van der Waals surface area contributed by atoms with Crippen LogP contribution in [0, 0.1) is 5.82 Å². The maximum atomic E-state index is 12.8. The first-order valence-electron chi connectivity index (χ1n) is 5.36. The molecule has 0 fully saturated rings. The van der Waals surface area contributed by atoms with E-state index in [1.165, 1.54) is 12.1 Å². The monoisotopic (exact) mass is 246 g/mol. The highest BCUT2D eigenvalue weighted by molar-refractivity contribution is 5.68. The Labute approximate surface area is 103 Å². The molecule has 4 heteroatoms. The third-order valence-electron chi connectivity index (χ3n) is 2.39. The van der Waals surface area contributed by atoms with Gasteiger partial charge in [-0.2, -0.15) is 0 Å². The molecule has 0 aliphatic carbocycles. The van der Waals surface area contributed by atoms with Gasteiger partial charge >= 0.3 is 5.97 Å². The second kappa shape index (κ2) is 5.31. The van der Waals surface area contributed by atoms with E-state index in [2.05, 4.69) is 0 Å². The molecule has 2 aromatic rings. The number of carboxylic acid groups (broad SMARTS) is 1. The van der Waals surface area contributed by atoms with Crippen molar-refractivity contribution < 1.29 is 19.0 Å².